The van der Waals surface area contributed by atoms with Gasteiger partial charge >= 0.3 is 0 Å². The van der Waals surface area contributed by atoms with E-state index >= 15 is 0 Å². The van der Waals surface area contributed by atoms with E-state index in [0.717, 1.165) is 24.0 Å². The zero-order valence-electron chi connectivity index (χ0n) is 12.6. The Kier molecular flexibility index (Phi) is 4.73. The molecule has 0 atom stereocenters. The monoisotopic (exact) mass is 266 g/mol. The van der Waals surface area contributed by atoms with Crippen LogP contribution in [-0.4, -0.2) is 5.78 Å². The van der Waals surface area contributed by atoms with Crippen LogP contribution in [0.15, 0.2) is 42.5 Å². The molecule has 0 spiro atoms. The van der Waals surface area contributed by atoms with Crippen molar-refractivity contribution < 1.29 is 4.79 Å². The molecule has 104 valence electrons. The van der Waals surface area contributed by atoms with Crippen molar-refractivity contribution in [2.45, 2.75) is 40.0 Å². The molecule has 0 unspecified atom stereocenters. The summed E-state index contributed by atoms with van der Waals surface area (Å²) in [7, 11) is 0. The van der Waals surface area contributed by atoms with Gasteiger partial charge in [-0.3, -0.25) is 4.79 Å². The van der Waals surface area contributed by atoms with Gasteiger partial charge in [-0.1, -0.05) is 55.3 Å². The minimum atomic E-state index is 0.205. The fourth-order valence-corrected chi connectivity index (χ4v) is 2.45. The van der Waals surface area contributed by atoms with E-state index in [1.165, 1.54) is 16.7 Å². The van der Waals surface area contributed by atoms with E-state index in [0.29, 0.717) is 6.42 Å². The van der Waals surface area contributed by atoms with Gasteiger partial charge in [0.05, 0.1) is 0 Å². The predicted molar refractivity (Wildman–Crippen MR) is 84.4 cm³/mol. The van der Waals surface area contributed by atoms with Crippen LogP contribution < -0.4 is 0 Å². The molecule has 1 heteroatoms. The highest BCUT2D eigenvalue weighted by molar-refractivity contribution is 5.97. The summed E-state index contributed by atoms with van der Waals surface area (Å²) in [6.45, 7) is 6.29. The molecule has 2 aromatic carbocycles. The van der Waals surface area contributed by atoms with Gasteiger partial charge in [0.15, 0.2) is 5.78 Å². The van der Waals surface area contributed by atoms with E-state index in [-0.39, 0.29) is 5.78 Å². The topological polar surface area (TPSA) is 17.1 Å². The second-order valence-corrected chi connectivity index (χ2v) is 5.48. The van der Waals surface area contributed by atoms with E-state index < -0.39 is 0 Å². The lowest BCUT2D eigenvalue weighted by Gasteiger charge is -2.08. The highest BCUT2D eigenvalue weighted by atomic mass is 16.1. The highest BCUT2D eigenvalue weighted by Crippen LogP contribution is 2.15. The molecule has 0 aromatic heterocycles. The lowest BCUT2D eigenvalue weighted by atomic mass is 9.96. The van der Waals surface area contributed by atoms with Gasteiger partial charge in [-0.25, -0.2) is 0 Å². The second-order valence-electron chi connectivity index (χ2n) is 5.48. The molecule has 0 aliphatic rings. The third-order valence-electron chi connectivity index (χ3n) is 3.64. The molecule has 0 heterocycles. The van der Waals surface area contributed by atoms with Gasteiger partial charge in [-0.05, 0) is 43.0 Å². The Labute approximate surface area is 121 Å². The van der Waals surface area contributed by atoms with Crippen molar-refractivity contribution in [2.75, 3.05) is 0 Å². The quantitative estimate of drug-likeness (QED) is 0.718. The summed E-state index contributed by atoms with van der Waals surface area (Å²) >= 11 is 0. The van der Waals surface area contributed by atoms with Crippen LogP contribution >= 0.6 is 0 Å². The Morgan fingerprint density at radius 1 is 1.05 bits per heavy atom. The molecule has 0 N–H and O–H groups in total. The first-order valence-corrected chi connectivity index (χ1v) is 7.28. The average Bonchev–Trinajstić information content (AvgIpc) is 2.43. The van der Waals surface area contributed by atoms with Gasteiger partial charge in [-0.2, -0.15) is 0 Å². The van der Waals surface area contributed by atoms with Gasteiger partial charge in [0, 0.05) is 12.0 Å². The number of carbonyl (C=O) groups excluding carboxylic acids is 1. The highest BCUT2D eigenvalue weighted by Gasteiger charge is 2.09. The Bertz CT molecular complexity index is 611. The van der Waals surface area contributed by atoms with Crippen molar-refractivity contribution in [3.05, 3.63) is 70.3 Å². The number of Topliss-reactive ketones (excluding diaryl/α,β-unsaturated/α-hetero) is 1. The summed E-state index contributed by atoms with van der Waals surface area (Å²) in [5.74, 6) is 0.205. The molecule has 0 amide bonds. The number of carbonyl (C=O) groups is 1. The Balaban J connectivity index is 2.19. The van der Waals surface area contributed by atoms with Crippen molar-refractivity contribution in [3.63, 3.8) is 0 Å². The average molecular weight is 266 g/mol. The molecule has 2 aromatic rings. The van der Waals surface area contributed by atoms with Gasteiger partial charge in [0.25, 0.3) is 0 Å². The normalized spacial score (nSPS) is 10.6. The molecule has 0 aliphatic carbocycles. The van der Waals surface area contributed by atoms with E-state index in [4.69, 9.17) is 0 Å². The largest absolute Gasteiger partial charge is 0.294 e. The van der Waals surface area contributed by atoms with E-state index in [1.54, 1.807) is 0 Å². The molecule has 2 rings (SSSR count). The maximum atomic E-state index is 12.4. The molecule has 0 saturated carbocycles. The minimum Gasteiger partial charge on any atom is -0.294 e. The maximum Gasteiger partial charge on any atom is 0.167 e. The lowest BCUT2D eigenvalue weighted by molar-refractivity contribution is 0.0992. The van der Waals surface area contributed by atoms with Gasteiger partial charge in [0.2, 0.25) is 0 Å². The summed E-state index contributed by atoms with van der Waals surface area (Å²) in [5, 5.41) is 0. The van der Waals surface area contributed by atoms with Crippen LogP contribution in [0.2, 0.25) is 0 Å². The number of benzene rings is 2. The lowest BCUT2D eigenvalue weighted by Crippen LogP contribution is -2.05. The van der Waals surface area contributed by atoms with Gasteiger partial charge in [0.1, 0.15) is 0 Å². The van der Waals surface area contributed by atoms with Crippen LogP contribution in [0.1, 0.15) is 46.0 Å². The maximum absolute atomic E-state index is 12.4. The Morgan fingerprint density at radius 2 is 1.85 bits per heavy atom. The molecule has 0 saturated heterocycles. The van der Waals surface area contributed by atoms with Crippen LogP contribution in [0.5, 0.6) is 0 Å². The molecular weight excluding hydrogens is 244 g/mol. The molecular formula is C19H22O. The minimum absolute atomic E-state index is 0.205. The molecule has 1 nitrogen and oxygen atoms in total. The number of rotatable bonds is 5. The summed E-state index contributed by atoms with van der Waals surface area (Å²) in [6, 6.07) is 14.3. The first-order valence-electron chi connectivity index (χ1n) is 7.28. The molecule has 0 radical (unpaired) electrons. The molecule has 0 fully saturated rings. The third-order valence-corrected chi connectivity index (χ3v) is 3.64. The van der Waals surface area contributed by atoms with Crippen LogP contribution in [0, 0.1) is 13.8 Å². The van der Waals surface area contributed by atoms with Crippen LogP contribution in [0.3, 0.4) is 0 Å². The number of hydrogen-bond acceptors (Lipinski definition) is 1. The fourth-order valence-electron chi connectivity index (χ4n) is 2.45. The smallest absolute Gasteiger partial charge is 0.167 e. The SMILES string of the molecule is CCCc1cccc(C(=O)Cc2cc(C)ccc2C)c1. The molecule has 0 aliphatic heterocycles. The van der Waals surface area contributed by atoms with Crippen LogP contribution in [0.4, 0.5) is 0 Å². The van der Waals surface area contributed by atoms with E-state index in [1.807, 2.05) is 18.2 Å². The van der Waals surface area contributed by atoms with Crippen LogP contribution in [0.25, 0.3) is 0 Å². The first kappa shape index (κ1) is 14.5. The third kappa shape index (κ3) is 3.57. The van der Waals surface area contributed by atoms with Crippen molar-refractivity contribution >= 4 is 5.78 Å². The number of ketones is 1. The van der Waals surface area contributed by atoms with Crippen molar-refractivity contribution in [1.29, 1.82) is 0 Å². The molecule has 20 heavy (non-hydrogen) atoms. The second kappa shape index (κ2) is 6.51. The summed E-state index contributed by atoms with van der Waals surface area (Å²) < 4.78 is 0. The van der Waals surface area contributed by atoms with Gasteiger partial charge < -0.3 is 0 Å². The number of aryl methyl sites for hydroxylation is 3. The van der Waals surface area contributed by atoms with E-state index in [9.17, 15) is 4.79 Å². The zero-order chi connectivity index (χ0) is 14.5. The zero-order valence-corrected chi connectivity index (χ0v) is 12.6. The Morgan fingerprint density at radius 3 is 2.60 bits per heavy atom. The summed E-state index contributed by atoms with van der Waals surface area (Å²) in [6.07, 6.45) is 2.63. The van der Waals surface area contributed by atoms with Crippen LogP contribution in [-0.2, 0) is 12.8 Å². The van der Waals surface area contributed by atoms with Gasteiger partial charge in [-0.15, -0.1) is 0 Å². The van der Waals surface area contributed by atoms with Crippen molar-refractivity contribution in [2.24, 2.45) is 0 Å². The standard InChI is InChI=1S/C19H22O/c1-4-6-16-7-5-8-17(12-16)19(20)13-18-11-14(2)9-10-15(18)3/h5,7-12H,4,6,13H2,1-3H3. The number of hydrogen-bond donors (Lipinski definition) is 0. The van der Waals surface area contributed by atoms with Crippen molar-refractivity contribution in [1.82, 2.24) is 0 Å². The molecule has 0 bridgehead atoms. The predicted octanol–water partition coefficient (Wildman–Crippen LogP) is 4.68. The fraction of sp³-hybridized carbons (Fsp3) is 0.316. The summed E-state index contributed by atoms with van der Waals surface area (Å²) in [5.41, 5.74) is 5.61. The Hall–Kier alpha value is -1.89. The van der Waals surface area contributed by atoms with E-state index in [2.05, 4.69) is 45.0 Å². The van der Waals surface area contributed by atoms with Crippen molar-refractivity contribution in [3.8, 4) is 0 Å². The summed E-state index contributed by atoms with van der Waals surface area (Å²) in [4.78, 5) is 12.4. The first-order chi connectivity index (χ1) is 9.60.